The molecular formula is C14H21N7. The van der Waals surface area contributed by atoms with E-state index in [9.17, 15) is 0 Å². The molecular weight excluding hydrogens is 266 g/mol. The third kappa shape index (κ3) is 2.03. The van der Waals surface area contributed by atoms with Crippen molar-refractivity contribution in [3.63, 3.8) is 0 Å². The molecule has 0 aromatic carbocycles. The average molecular weight is 287 g/mol. The first-order valence-corrected chi connectivity index (χ1v) is 7.63. The maximum Gasteiger partial charge on any atom is 0.245 e. The van der Waals surface area contributed by atoms with Crippen LogP contribution in [0.25, 0.3) is 11.4 Å². The van der Waals surface area contributed by atoms with E-state index in [1.54, 1.807) is 0 Å². The van der Waals surface area contributed by atoms with Gasteiger partial charge in [-0.25, -0.2) is 0 Å². The van der Waals surface area contributed by atoms with Crippen LogP contribution in [0.1, 0.15) is 18.5 Å². The molecule has 0 spiro atoms. The van der Waals surface area contributed by atoms with E-state index in [1.807, 2.05) is 24.9 Å². The summed E-state index contributed by atoms with van der Waals surface area (Å²) in [5.41, 5.74) is 2.12. The molecule has 0 saturated carbocycles. The lowest BCUT2D eigenvalue weighted by Crippen LogP contribution is -2.45. The van der Waals surface area contributed by atoms with E-state index < -0.39 is 0 Å². The third-order valence-electron chi connectivity index (χ3n) is 4.90. The summed E-state index contributed by atoms with van der Waals surface area (Å²) in [7, 11) is 1.94. The van der Waals surface area contributed by atoms with Gasteiger partial charge in [-0.05, 0) is 25.7 Å². The van der Waals surface area contributed by atoms with E-state index >= 15 is 0 Å². The average Bonchev–Trinajstić information content (AvgIpc) is 3.20. The van der Waals surface area contributed by atoms with E-state index in [0.29, 0.717) is 6.04 Å². The van der Waals surface area contributed by atoms with Gasteiger partial charge in [-0.3, -0.25) is 9.78 Å². The van der Waals surface area contributed by atoms with Gasteiger partial charge in [0.25, 0.3) is 0 Å². The Morgan fingerprint density at radius 1 is 1.33 bits per heavy atom. The van der Waals surface area contributed by atoms with Crippen LogP contribution in [0.5, 0.6) is 0 Å². The SMILES string of the molecule is Cc1c(-c2nc(N3CCCC4CNCC43)n[nH]2)cnn1C. The number of nitrogens with zero attached hydrogens (tertiary/aromatic N) is 5. The summed E-state index contributed by atoms with van der Waals surface area (Å²) in [6.07, 6.45) is 4.38. The predicted molar refractivity (Wildman–Crippen MR) is 80.0 cm³/mol. The molecule has 0 bridgehead atoms. The number of aromatic amines is 1. The lowest BCUT2D eigenvalue weighted by Gasteiger charge is -2.36. The number of hydrogen-bond donors (Lipinski definition) is 2. The van der Waals surface area contributed by atoms with Crippen LogP contribution in [0.3, 0.4) is 0 Å². The molecule has 2 atom stereocenters. The minimum atomic E-state index is 0.539. The molecule has 7 nitrogen and oxygen atoms in total. The van der Waals surface area contributed by atoms with Crippen LogP contribution in [0.4, 0.5) is 5.95 Å². The van der Waals surface area contributed by atoms with E-state index in [4.69, 9.17) is 4.98 Å². The number of piperidine rings is 1. The highest BCUT2D eigenvalue weighted by Crippen LogP contribution is 2.30. The molecule has 2 aromatic rings. The molecule has 2 aliphatic heterocycles. The monoisotopic (exact) mass is 287 g/mol. The van der Waals surface area contributed by atoms with Crippen molar-refractivity contribution < 1.29 is 0 Å². The van der Waals surface area contributed by atoms with Crippen LogP contribution in [0.15, 0.2) is 6.20 Å². The fourth-order valence-corrected chi connectivity index (χ4v) is 3.55. The topological polar surface area (TPSA) is 74.7 Å². The van der Waals surface area contributed by atoms with Crippen LogP contribution in [0, 0.1) is 12.8 Å². The van der Waals surface area contributed by atoms with Crippen LogP contribution in [-0.2, 0) is 7.05 Å². The van der Waals surface area contributed by atoms with Gasteiger partial charge in [0.2, 0.25) is 5.95 Å². The van der Waals surface area contributed by atoms with Gasteiger partial charge in [-0.1, -0.05) is 0 Å². The Kier molecular flexibility index (Phi) is 2.95. The molecule has 2 aromatic heterocycles. The normalized spacial score (nSPS) is 25.3. The van der Waals surface area contributed by atoms with Crippen molar-refractivity contribution in [3.8, 4) is 11.4 Å². The zero-order valence-electron chi connectivity index (χ0n) is 12.5. The number of H-pyrrole nitrogens is 1. The summed E-state index contributed by atoms with van der Waals surface area (Å²) in [6, 6.07) is 0.539. The molecule has 0 aliphatic carbocycles. The highest BCUT2D eigenvalue weighted by Gasteiger charge is 2.36. The molecule has 2 N–H and O–H groups in total. The van der Waals surface area contributed by atoms with Gasteiger partial charge in [-0.15, -0.1) is 5.10 Å². The van der Waals surface area contributed by atoms with Crippen molar-refractivity contribution in [1.82, 2.24) is 30.3 Å². The van der Waals surface area contributed by atoms with E-state index in [1.165, 1.54) is 12.8 Å². The van der Waals surface area contributed by atoms with E-state index in [-0.39, 0.29) is 0 Å². The highest BCUT2D eigenvalue weighted by molar-refractivity contribution is 5.58. The number of anilines is 1. The van der Waals surface area contributed by atoms with Crippen LogP contribution in [-0.4, -0.2) is 50.6 Å². The Bertz CT molecular complexity index is 644. The zero-order valence-corrected chi connectivity index (χ0v) is 12.5. The Balaban J connectivity index is 1.63. The van der Waals surface area contributed by atoms with Gasteiger partial charge in [-0.2, -0.15) is 10.1 Å². The van der Waals surface area contributed by atoms with Gasteiger partial charge in [0.05, 0.1) is 11.8 Å². The molecule has 2 fully saturated rings. The first-order valence-electron chi connectivity index (χ1n) is 7.63. The van der Waals surface area contributed by atoms with Crippen LogP contribution in [0.2, 0.25) is 0 Å². The zero-order chi connectivity index (χ0) is 14.4. The fraction of sp³-hybridized carbons (Fsp3) is 0.643. The summed E-state index contributed by atoms with van der Waals surface area (Å²) in [5.74, 6) is 2.37. The van der Waals surface area contributed by atoms with E-state index in [2.05, 4.69) is 25.5 Å². The molecule has 4 rings (SSSR count). The number of rotatable bonds is 2. The van der Waals surface area contributed by atoms with Crippen LogP contribution >= 0.6 is 0 Å². The number of fused-ring (bicyclic) bond motifs is 1. The predicted octanol–water partition coefficient (Wildman–Crippen LogP) is 0.702. The number of aryl methyl sites for hydroxylation is 1. The highest BCUT2D eigenvalue weighted by atomic mass is 15.4. The molecule has 112 valence electrons. The minimum Gasteiger partial charge on any atom is -0.335 e. The Morgan fingerprint density at radius 3 is 3.05 bits per heavy atom. The van der Waals surface area contributed by atoms with Crippen molar-refractivity contribution in [2.24, 2.45) is 13.0 Å². The standard InChI is InChI=1S/C14H21N7/c1-9-11(7-16-20(9)2)13-17-14(19-18-13)21-5-3-4-10-6-15-8-12(10)21/h7,10,12,15H,3-6,8H2,1-2H3,(H,17,18,19). The first-order chi connectivity index (χ1) is 10.2. The van der Waals surface area contributed by atoms with Crippen molar-refractivity contribution >= 4 is 5.95 Å². The Morgan fingerprint density at radius 2 is 2.24 bits per heavy atom. The lowest BCUT2D eigenvalue weighted by molar-refractivity contribution is 0.381. The first kappa shape index (κ1) is 12.8. The maximum absolute atomic E-state index is 4.72. The summed E-state index contributed by atoms with van der Waals surface area (Å²) in [4.78, 5) is 7.08. The van der Waals surface area contributed by atoms with Crippen molar-refractivity contribution in [2.75, 3.05) is 24.5 Å². The number of hydrogen-bond acceptors (Lipinski definition) is 5. The third-order valence-corrected chi connectivity index (χ3v) is 4.90. The summed E-state index contributed by atoms with van der Waals surface area (Å²) < 4.78 is 1.86. The minimum absolute atomic E-state index is 0.539. The fourth-order valence-electron chi connectivity index (χ4n) is 3.55. The molecule has 2 aliphatic rings. The van der Waals surface area contributed by atoms with E-state index in [0.717, 1.165) is 48.6 Å². The van der Waals surface area contributed by atoms with Gasteiger partial charge in [0.15, 0.2) is 5.82 Å². The van der Waals surface area contributed by atoms with Gasteiger partial charge >= 0.3 is 0 Å². The Labute approximate surface area is 123 Å². The number of aromatic nitrogens is 5. The van der Waals surface area contributed by atoms with Gasteiger partial charge in [0, 0.05) is 38.4 Å². The summed E-state index contributed by atoms with van der Waals surface area (Å²) >= 11 is 0. The molecule has 4 heterocycles. The summed E-state index contributed by atoms with van der Waals surface area (Å²) in [5, 5.41) is 15.3. The molecule has 2 unspecified atom stereocenters. The molecule has 0 radical (unpaired) electrons. The Hall–Kier alpha value is -1.89. The van der Waals surface area contributed by atoms with Gasteiger partial charge in [0.1, 0.15) is 0 Å². The second-order valence-electron chi connectivity index (χ2n) is 6.07. The number of nitrogens with one attached hydrogen (secondary N) is 2. The molecule has 7 heteroatoms. The quantitative estimate of drug-likeness (QED) is 0.850. The van der Waals surface area contributed by atoms with Crippen molar-refractivity contribution in [3.05, 3.63) is 11.9 Å². The molecule has 21 heavy (non-hydrogen) atoms. The van der Waals surface area contributed by atoms with Crippen molar-refractivity contribution in [2.45, 2.75) is 25.8 Å². The second kappa shape index (κ2) is 4.84. The molecule has 2 saturated heterocycles. The van der Waals surface area contributed by atoms with Gasteiger partial charge < -0.3 is 10.2 Å². The van der Waals surface area contributed by atoms with Crippen LogP contribution < -0.4 is 10.2 Å². The largest absolute Gasteiger partial charge is 0.335 e. The van der Waals surface area contributed by atoms with Crippen molar-refractivity contribution in [1.29, 1.82) is 0 Å². The smallest absolute Gasteiger partial charge is 0.245 e. The molecule has 0 amide bonds. The second-order valence-corrected chi connectivity index (χ2v) is 6.07. The maximum atomic E-state index is 4.72. The lowest BCUT2D eigenvalue weighted by atomic mass is 9.92. The summed E-state index contributed by atoms with van der Waals surface area (Å²) in [6.45, 7) is 5.26.